The molecule has 0 aliphatic carbocycles. The molecule has 0 aliphatic rings. The summed E-state index contributed by atoms with van der Waals surface area (Å²) < 4.78 is 5.99. The fraction of sp³-hybridized carbons (Fsp3) is 0.636. The molecule has 0 saturated carbocycles. The number of ether oxygens (including phenoxy) is 1. The average Bonchev–Trinajstić information content (AvgIpc) is 2.67. The predicted octanol–water partition coefficient (Wildman–Crippen LogP) is 3.69. The first kappa shape index (κ1) is 22.8. The van der Waals surface area contributed by atoms with Gasteiger partial charge in [0.05, 0.1) is 24.9 Å². The van der Waals surface area contributed by atoms with Crippen LogP contribution in [0.4, 0.5) is 0 Å². The van der Waals surface area contributed by atoms with Gasteiger partial charge in [-0.1, -0.05) is 69.7 Å². The van der Waals surface area contributed by atoms with Crippen LogP contribution in [0.3, 0.4) is 0 Å². The monoisotopic (exact) mass is 364 g/mol. The van der Waals surface area contributed by atoms with E-state index in [0.717, 1.165) is 19.3 Å². The van der Waals surface area contributed by atoms with Crippen molar-refractivity contribution in [2.45, 2.75) is 71.4 Å². The zero-order valence-electron chi connectivity index (χ0n) is 16.4. The summed E-state index contributed by atoms with van der Waals surface area (Å²) in [6.07, 6.45) is 6.28. The highest BCUT2D eigenvalue weighted by Crippen LogP contribution is 2.19. The molecule has 0 fully saturated rings. The lowest BCUT2D eigenvalue weighted by Gasteiger charge is -2.27. The Morgan fingerprint density at radius 1 is 1.08 bits per heavy atom. The van der Waals surface area contributed by atoms with Crippen molar-refractivity contribution in [2.75, 3.05) is 6.61 Å². The molecular weight excluding hydrogens is 328 g/mol. The summed E-state index contributed by atoms with van der Waals surface area (Å²) in [6, 6.07) is 10.1. The van der Waals surface area contributed by atoms with Crippen molar-refractivity contribution < 1.29 is 20.1 Å². The highest BCUT2D eigenvalue weighted by molar-refractivity contribution is 5.13. The highest BCUT2D eigenvalue weighted by atomic mass is 16.5. The number of allylic oxidation sites excluding steroid dienone is 1. The number of hydrogen-bond donors (Lipinski definition) is 3. The maximum Gasteiger partial charge on any atom is 0.0760 e. The van der Waals surface area contributed by atoms with Crippen LogP contribution < -0.4 is 0 Å². The van der Waals surface area contributed by atoms with Gasteiger partial charge in [0.15, 0.2) is 0 Å². The van der Waals surface area contributed by atoms with E-state index >= 15 is 0 Å². The van der Waals surface area contributed by atoms with Gasteiger partial charge in [0.1, 0.15) is 0 Å². The summed E-state index contributed by atoms with van der Waals surface area (Å²) in [5.41, 5.74) is 1.17. The smallest absolute Gasteiger partial charge is 0.0760 e. The van der Waals surface area contributed by atoms with E-state index in [1.54, 1.807) is 6.92 Å². The lowest BCUT2D eigenvalue weighted by Crippen LogP contribution is -2.35. The van der Waals surface area contributed by atoms with E-state index in [1.165, 1.54) is 5.56 Å². The molecule has 0 saturated heterocycles. The Balaban J connectivity index is 2.40. The molecule has 3 N–H and O–H groups in total. The van der Waals surface area contributed by atoms with Gasteiger partial charge in [0.25, 0.3) is 0 Å². The highest BCUT2D eigenvalue weighted by Gasteiger charge is 2.26. The number of aliphatic hydroxyl groups excluding tert-OH is 3. The molecule has 0 heterocycles. The summed E-state index contributed by atoms with van der Waals surface area (Å²) in [5.74, 6) is -0.484. The Hall–Kier alpha value is -1.20. The van der Waals surface area contributed by atoms with E-state index in [0.29, 0.717) is 13.0 Å². The first-order chi connectivity index (χ1) is 12.5. The molecule has 5 atom stereocenters. The minimum atomic E-state index is -0.693. The molecule has 0 unspecified atom stereocenters. The lowest BCUT2D eigenvalue weighted by molar-refractivity contribution is -0.0215. The maximum absolute atomic E-state index is 10.2. The Kier molecular flexibility index (Phi) is 11.5. The molecule has 1 aromatic rings. The third-order valence-corrected chi connectivity index (χ3v) is 4.88. The fourth-order valence-corrected chi connectivity index (χ4v) is 2.93. The fourth-order valence-electron chi connectivity index (χ4n) is 2.93. The summed E-state index contributed by atoms with van der Waals surface area (Å²) in [5, 5.41) is 29.5. The van der Waals surface area contributed by atoms with Gasteiger partial charge in [-0.3, -0.25) is 0 Å². The molecule has 0 bridgehead atoms. The zero-order valence-corrected chi connectivity index (χ0v) is 16.4. The number of benzene rings is 1. The van der Waals surface area contributed by atoms with Crippen molar-refractivity contribution in [3.63, 3.8) is 0 Å². The second kappa shape index (κ2) is 13.0. The SMILES string of the molecule is CCC[C@@H](/C=C/CC[C@@H](O)[C@@H](C)[C@H](O)[C@H](C)CO)OCc1ccccc1. The Labute approximate surface area is 158 Å². The van der Waals surface area contributed by atoms with Gasteiger partial charge in [0, 0.05) is 18.4 Å². The predicted molar refractivity (Wildman–Crippen MR) is 106 cm³/mol. The molecule has 0 aliphatic heterocycles. The molecule has 148 valence electrons. The van der Waals surface area contributed by atoms with E-state index in [1.807, 2.05) is 25.1 Å². The van der Waals surface area contributed by atoms with Crippen LogP contribution in [0.2, 0.25) is 0 Å². The van der Waals surface area contributed by atoms with Crippen LogP contribution in [-0.4, -0.2) is 40.2 Å². The maximum atomic E-state index is 10.2. The van der Waals surface area contributed by atoms with Gasteiger partial charge in [-0.15, -0.1) is 0 Å². The van der Waals surface area contributed by atoms with Crippen LogP contribution in [0.5, 0.6) is 0 Å². The minimum absolute atomic E-state index is 0.0738. The zero-order chi connectivity index (χ0) is 19.4. The molecule has 0 amide bonds. The summed E-state index contributed by atoms with van der Waals surface area (Å²) >= 11 is 0. The molecule has 26 heavy (non-hydrogen) atoms. The Morgan fingerprint density at radius 3 is 2.38 bits per heavy atom. The van der Waals surface area contributed by atoms with Crippen molar-refractivity contribution in [3.05, 3.63) is 48.0 Å². The van der Waals surface area contributed by atoms with E-state index < -0.39 is 12.2 Å². The number of hydrogen-bond acceptors (Lipinski definition) is 4. The second-order valence-corrected chi connectivity index (χ2v) is 7.21. The minimum Gasteiger partial charge on any atom is -0.396 e. The number of rotatable bonds is 13. The first-order valence-electron chi connectivity index (χ1n) is 9.78. The van der Waals surface area contributed by atoms with Gasteiger partial charge in [-0.05, 0) is 24.8 Å². The van der Waals surface area contributed by atoms with E-state index in [-0.39, 0.29) is 24.5 Å². The summed E-state index contributed by atoms with van der Waals surface area (Å²) in [6.45, 7) is 6.28. The third kappa shape index (κ3) is 8.45. The van der Waals surface area contributed by atoms with Crippen LogP contribution in [0, 0.1) is 11.8 Å². The normalized spacial score (nSPS) is 17.8. The number of aliphatic hydroxyl groups is 3. The van der Waals surface area contributed by atoms with Crippen LogP contribution in [0.25, 0.3) is 0 Å². The van der Waals surface area contributed by atoms with E-state index in [4.69, 9.17) is 9.84 Å². The quantitative estimate of drug-likeness (QED) is 0.467. The van der Waals surface area contributed by atoms with Gasteiger partial charge < -0.3 is 20.1 Å². The van der Waals surface area contributed by atoms with Crippen LogP contribution in [-0.2, 0) is 11.3 Å². The molecule has 1 rings (SSSR count). The van der Waals surface area contributed by atoms with E-state index in [9.17, 15) is 10.2 Å². The first-order valence-corrected chi connectivity index (χ1v) is 9.78. The summed E-state index contributed by atoms with van der Waals surface area (Å²) in [7, 11) is 0. The van der Waals surface area contributed by atoms with Gasteiger partial charge in [-0.25, -0.2) is 0 Å². The molecule has 4 heteroatoms. The van der Waals surface area contributed by atoms with Crippen molar-refractivity contribution in [1.82, 2.24) is 0 Å². The molecule has 4 nitrogen and oxygen atoms in total. The van der Waals surface area contributed by atoms with Crippen LogP contribution in [0.1, 0.15) is 52.0 Å². The van der Waals surface area contributed by atoms with E-state index in [2.05, 4.69) is 31.2 Å². The largest absolute Gasteiger partial charge is 0.396 e. The molecule has 0 spiro atoms. The van der Waals surface area contributed by atoms with Crippen LogP contribution >= 0.6 is 0 Å². The Morgan fingerprint density at radius 2 is 1.77 bits per heavy atom. The van der Waals surface area contributed by atoms with Gasteiger partial charge >= 0.3 is 0 Å². The standard InChI is InChI=1S/C22H36O4/c1-4-10-20(26-16-19-11-6-5-7-12-19)13-8-9-14-21(24)18(3)22(25)17(2)15-23/h5-8,11-13,17-18,20-25H,4,9-10,14-16H2,1-3H3/b13-8+/t17-,18-,20+,21-,22-/m1/s1. The van der Waals surface area contributed by atoms with Crippen molar-refractivity contribution >= 4 is 0 Å². The second-order valence-electron chi connectivity index (χ2n) is 7.21. The lowest BCUT2D eigenvalue weighted by atomic mass is 9.88. The van der Waals surface area contributed by atoms with Gasteiger partial charge in [-0.2, -0.15) is 0 Å². The van der Waals surface area contributed by atoms with Crippen LogP contribution in [0.15, 0.2) is 42.5 Å². The average molecular weight is 365 g/mol. The van der Waals surface area contributed by atoms with Crippen molar-refractivity contribution in [2.24, 2.45) is 11.8 Å². The molecule has 0 radical (unpaired) electrons. The topological polar surface area (TPSA) is 69.9 Å². The molecule has 0 aromatic heterocycles. The molecular formula is C22H36O4. The van der Waals surface area contributed by atoms with Crippen molar-refractivity contribution in [1.29, 1.82) is 0 Å². The summed E-state index contributed by atoms with van der Waals surface area (Å²) in [4.78, 5) is 0. The van der Waals surface area contributed by atoms with Gasteiger partial charge in [0.2, 0.25) is 0 Å². The third-order valence-electron chi connectivity index (χ3n) is 4.88. The van der Waals surface area contributed by atoms with Crippen molar-refractivity contribution in [3.8, 4) is 0 Å². The Bertz CT molecular complexity index is 488. The molecule has 1 aromatic carbocycles.